The Morgan fingerprint density at radius 1 is 1.44 bits per heavy atom. The second kappa shape index (κ2) is 8.29. The molecule has 0 saturated heterocycles. The van der Waals surface area contributed by atoms with Gasteiger partial charge in [-0.05, 0) is 48.0 Å². The van der Waals surface area contributed by atoms with Crippen LogP contribution in [0.2, 0.25) is 0 Å². The molecule has 0 N–H and O–H groups in total. The van der Waals surface area contributed by atoms with E-state index in [2.05, 4.69) is 22.6 Å². The van der Waals surface area contributed by atoms with Crippen LogP contribution in [0.15, 0.2) is 18.2 Å². The molecule has 0 aliphatic carbocycles. The van der Waals surface area contributed by atoms with Gasteiger partial charge in [0.2, 0.25) is 0 Å². The number of hydrogen-bond acceptors (Lipinski definition) is 3. The first-order valence-corrected chi connectivity index (χ1v) is 7.32. The first kappa shape index (κ1) is 15.2. The molecule has 1 rings (SSSR count). The van der Waals surface area contributed by atoms with Crippen molar-refractivity contribution in [2.45, 2.75) is 19.8 Å². The van der Waals surface area contributed by atoms with Gasteiger partial charge in [-0.15, -0.1) is 0 Å². The van der Waals surface area contributed by atoms with Crippen molar-refractivity contribution in [3.05, 3.63) is 29.6 Å². The van der Waals surface area contributed by atoms with Gasteiger partial charge in [-0.2, -0.15) is 0 Å². The largest absolute Gasteiger partial charge is 0.482 e. The Kier molecular flexibility index (Phi) is 7.00. The summed E-state index contributed by atoms with van der Waals surface area (Å²) in [4.78, 5) is 11.1. The Labute approximate surface area is 120 Å². The molecule has 0 unspecified atom stereocenters. The quantitative estimate of drug-likeness (QED) is 0.423. The van der Waals surface area contributed by atoms with Crippen molar-refractivity contribution in [3.63, 3.8) is 0 Å². The summed E-state index contributed by atoms with van der Waals surface area (Å²) >= 11 is 2.25. The van der Waals surface area contributed by atoms with Crippen LogP contribution in [0.4, 0.5) is 4.39 Å². The summed E-state index contributed by atoms with van der Waals surface area (Å²) in [5.74, 6) is -0.160. The zero-order valence-corrected chi connectivity index (χ0v) is 12.4. The Morgan fingerprint density at radius 2 is 2.22 bits per heavy atom. The third-order valence-corrected chi connectivity index (χ3v) is 3.02. The highest BCUT2D eigenvalue weighted by Crippen LogP contribution is 2.18. The van der Waals surface area contributed by atoms with Gasteiger partial charge < -0.3 is 9.47 Å². The molecule has 1 aromatic rings. The van der Waals surface area contributed by atoms with Gasteiger partial charge in [0.05, 0.1) is 6.61 Å². The summed E-state index contributed by atoms with van der Waals surface area (Å²) in [6.45, 7) is 1.91. The first-order valence-electron chi connectivity index (χ1n) is 5.80. The fourth-order valence-corrected chi connectivity index (χ4v) is 1.82. The molecule has 0 aliphatic rings. The van der Waals surface area contributed by atoms with Crippen LogP contribution in [0.3, 0.4) is 0 Å². The highest BCUT2D eigenvalue weighted by atomic mass is 127. The van der Waals surface area contributed by atoms with Crippen molar-refractivity contribution in [1.29, 1.82) is 0 Å². The molecule has 0 saturated carbocycles. The van der Waals surface area contributed by atoms with Crippen LogP contribution in [0.1, 0.15) is 18.9 Å². The van der Waals surface area contributed by atoms with Crippen molar-refractivity contribution in [2.75, 3.05) is 17.6 Å². The fourth-order valence-electron chi connectivity index (χ4n) is 1.43. The molecule has 0 bridgehead atoms. The molecule has 0 aromatic heterocycles. The van der Waals surface area contributed by atoms with Crippen LogP contribution >= 0.6 is 22.6 Å². The van der Waals surface area contributed by atoms with Gasteiger partial charge in [-0.1, -0.05) is 22.6 Å². The molecule has 0 aliphatic heterocycles. The molecule has 1 aromatic carbocycles. The second-order valence-electron chi connectivity index (χ2n) is 3.64. The number of hydrogen-bond donors (Lipinski definition) is 0. The predicted molar refractivity (Wildman–Crippen MR) is 75.7 cm³/mol. The molecule has 5 heteroatoms. The second-order valence-corrected chi connectivity index (χ2v) is 4.72. The topological polar surface area (TPSA) is 35.5 Å². The maximum absolute atomic E-state index is 13.5. The molecule has 100 valence electrons. The average Bonchev–Trinajstić information content (AvgIpc) is 2.36. The third kappa shape index (κ3) is 5.20. The van der Waals surface area contributed by atoms with E-state index in [-0.39, 0.29) is 12.4 Å². The van der Waals surface area contributed by atoms with Gasteiger partial charge >= 0.3 is 5.97 Å². The van der Waals surface area contributed by atoms with Gasteiger partial charge in [0.1, 0.15) is 11.6 Å². The van der Waals surface area contributed by atoms with E-state index in [0.29, 0.717) is 24.3 Å². The first-order chi connectivity index (χ1) is 8.67. The zero-order valence-electron chi connectivity index (χ0n) is 10.2. The van der Waals surface area contributed by atoms with Gasteiger partial charge in [0, 0.05) is 0 Å². The molecule has 0 spiro atoms. The monoisotopic (exact) mass is 366 g/mol. The number of aryl methyl sites for hydroxylation is 1. The lowest BCUT2D eigenvalue weighted by Crippen LogP contribution is -2.14. The number of carbonyl (C=O) groups is 1. The normalized spacial score (nSPS) is 10.2. The smallest absolute Gasteiger partial charge is 0.344 e. The summed E-state index contributed by atoms with van der Waals surface area (Å²) in [7, 11) is 0. The van der Waals surface area contributed by atoms with Crippen molar-refractivity contribution >= 4 is 28.6 Å². The van der Waals surface area contributed by atoms with E-state index in [1.165, 1.54) is 12.1 Å². The maximum atomic E-state index is 13.5. The number of benzene rings is 1. The zero-order chi connectivity index (χ0) is 13.4. The van der Waals surface area contributed by atoms with Crippen molar-refractivity contribution < 1.29 is 18.7 Å². The molecule has 0 heterocycles. The minimum atomic E-state index is -0.421. The fraction of sp³-hybridized carbons (Fsp3) is 0.462. The van der Waals surface area contributed by atoms with E-state index in [1.54, 1.807) is 13.0 Å². The molecule has 18 heavy (non-hydrogen) atoms. The summed E-state index contributed by atoms with van der Waals surface area (Å²) in [6, 6.07) is 4.52. The van der Waals surface area contributed by atoms with E-state index in [1.807, 2.05) is 0 Å². The number of ether oxygens (including phenoxy) is 2. The number of esters is 1. The van der Waals surface area contributed by atoms with Crippen molar-refractivity contribution in [3.8, 4) is 5.75 Å². The minimum absolute atomic E-state index is 0.148. The molecule has 0 radical (unpaired) electrons. The number of alkyl halides is 1. The van der Waals surface area contributed by atoms with Crippen LogP contribution in [0.5, 0.6) is 5.75 Å². The van der Waals surface area contributed by atoms with Crippen LogP contribution in [0, 0.1) is 5.82 Å². The highest BCUT2D eigenvalue weighted by molar-refractivity contribution is 14.1. The van der Waals surface area contributed by atoms with Gasteiger partial charge in [-0.25, -0.2) is 9.18 Å². The Balaban J connectivity index is 2.58. The SMILES string of the molecule is CCOC(=O)COc1ccc(F)c(CCCI)c1. The number of rotatable bonds is 7. The highest BCUT2D eigenvalue weighted by Gasteiger charge is 2.07. The summed E-state index contributed by atoms with van der Waals surface area (Å²) in [5.41, 5.74) is 0.619. The maximum Gasteiger partial charge on any atom is 0.344 e. The summed E-state index contributed by atoms with van der Waals surface area (Å²) in [5, 5.41) is 0. The lowest BCUT2D eigenvalue weighted by Gasteiger charge is -2.08. The standard InChI is InChI=1S/C13H16FIO3/c1-2-17-13(16)9-18-11-5-6-12(14)10(8-11)4-3-7-15/h5-6,8H,2-4,7,9H2,1H3. The van der Waals surface area contributed by atoms with Gasteiger partial charge in [0.15, 0.2) is 6.61 Å². The molecular weight excluding hydrogens is 350 g/mol. The van der Waals surface area contributed by atoms with Gasteiger partial charge in [0.25, 0.3) is 0 Å². The summed E-state index contributed by atoms with van der Waals surface area (Å²) in [6.07, 6.45) is 1.59. The van der Waals surface area contributed by atoms with Crippen molar-refractivity contribution in [1.82, 2.24) is 0 Å². The lowest BCUT2D eigenvalue weighted by atomic mass is 10.1. The van der Waals surface area contributed by atoms with E-state index in [9.17, 15) is 9.18 Å². The molecule has 3 nitrogen and oxygen atoms in total. The Morgan fingerprint density at radius 3 is 2.89 bits per heavy atom. The van der Waals surface area contributed by atoms with E-state index in [4.69, 9.17) is 9.47 Å². The molecule has 0 fully saturated rings. The molecule has 0 atom stereocenters. The number of halogens is 2. The summed E-state index contributed by atoms with van der Waals surface area (Å²) < 4.78 is 24.4. The average molecular weight is 366 g/mol. The van der Waals surface area contributed by atoms with E-state index < -0.39 is 5.97 Å². The van der Waals surface area contributed by atoms with Crippen molar-refractivity contribution in [2.24, 2.45) is 0 Å². The van der Waals surface area contributed by atoms with E-state index >= 15 is 0 Å². The van der Waals surface area contributed by atoms with Crippen LogP contribution in [-0.2, 0) is 16.0 Å². The van der Waals surface area contributed by atoms with Crippen LogP contribution in [-0.4, -0.2) is 23.6 Å². The lowest BCUT2D eigenvalue weighted by molar-refractivity contribution is -0.145. The van der Waals surface area contributed by atoms with Gasteiger partial charge in [-0.3, -0.25) is 0 Å². The van der Waals surface area contributed by atoms with E-state index in [0.717, 1.165) is 10.8 Å². The van der Waals surface area contributed by atoms with Crippen LogP contribution in [0.25, 0.3) is 0 Å². The minimum Gasteiger partial charge on any atom is -0.482 e. The third-order valence-electron chi connectivity index (χ3n) is 2.26. The number of carbonyl (C=O) groups excluding carboxylic acids is 1. The van der Waals surface area contributed by atoms with Crippen LogP contribution < -0.4 is 4.74 Å². The molecular formula is C13H16FIO3. The Bertz CT molecular complexity index is 396. The molecule has 0 amide bonds. The Hall–Kier alpha value is -0.850. The predicted octanol–water partition coefficient (Wildman–Crippen LogP) is 3.14.